The molecule has 0 aliphatic heterocycles. The van der Waals surface area contributed by atoms with Gasteiger partial charge in [-0.15, -0.1) is 10.2 Å². The number of nitrogens with one attached hydrogen (secondary N) is 2. The Kier molecular flexibility index (Phi) is 4.99. The van der Waals surface area contributed by atoms with Crippen molar-refractivity contribution in [2.75, 3.05) is 11.9 Å². The summed E-state index contributed by atoms with van der Waals surface area (Å²) in [5.74, 6) is 1.24. The van der Waals surface area contributed by atoms with E-state index in [1.165, 1.54) is 29.8 Å². The molecule has 1 aromatic heterocycles. The number of fused-ring (bicyclic) bond motifs is 1. The Labute approximate surface area is 146 Å². The van der Waals surface area contributed by atoms with Crippen molar-refractivity contribution in [1.82, 2.24) is 15.5 Å². The number of allylic oxidation sites excluding steroid dienone is 1. The monoisotopic (exact) mass is 348 g/mol. The van der Waals surface area contributed by atoms with Crippen molar-refractivity contribution >= 4 is 28.3 Å². The van der Waals surface area contributed by atoms with Crippen LogP contribution < -0.4 is 10.6 Å². The highest BCUT2D eigenvalue weighted by Gasteiger charge is 2.50. The standard InChI is InChI=1S/C17H24N4O2S/c1-17(2)12-4-3-11(13(17)9-12)7-8-18-14(22)5-6-15(23)20-16-21-19-10-24-16/h3,10,12-13H,4-9H2,1-2H3,(H,18,22)(H,20,21,23)/t12-,13-/m0/s1. The summed E-state index contributed by atoms with van der Waals surface area (Å²) < 4.78 is 0. The molecule has 7 heteroatoms. The summed E-state index contributed by atoms with van der Waals surface area (Å²) in [7, 11) is 0. The van der Waals surface area contributed by atoms with Gasteiger partial charge in [-0.3, -0.25) is 9.59 Å². The maximum Gasteiger partial charge on any atom is 0.226 e. The van der Waals surface area contributed by atoms with Gasteiger partial charge < -0.3 is 10.6 Å². The predicted molar refractivity (Wildman–Crippen MR) is 93.5 cm³/mol. The van der Waals surface area contributed by atoms with Gasteiger partial charge in [0.1, 0.15) is 5.51 Å². The third-order valence-corrected chi connectivity index (χ3v) is 6.11. The Bertz CT molecular complexity index is 639. The number of amides is 2. The second kappa shape index (κ2) is 7.01. The van der Waals surface area contributed by atoms with Crippen LogP contribution in [0.4, 0.5) is 5.13 Å². The Balaban J connectivity index is 1.33. The van der Waals surface area contributed by atoms with Crippen LogP contribution in [-0.2, 0) is 9.59 Å². The van der Waals surface area contributed by atoms with Crippen LogP contribution in [-0.4, -0.2) is 28.6 Å². The van der Waals surface area contributed by atoms with Gasteiger partial charge in [0, 0.05) is 19.4 Å². The van der Waals surface area contributed by atoms with Gasteiger partial charge in [0.25, 0.3) is 0 Å². The van der Waals surface area contributed by atoms with E-state index in [1.54, 1.807) is 5.51 Å². The van der Waals surface area contributed by atoms with Crippen molar-refractivity contribution in [2.24, 2.45) is 17.3 Å². The average molecular weight is 348 g/mol. The first-order chi connectivity index (χ1) is 11.5. The van der Waals surface area contributed by atoms with Gasteiger partial charge in [-0.05, 0) is 36.5 Å². The Hall–Kier alpha value is -1.76. The lowest BCUT2D eigenvalue weighted by Crippen LogP contribution is -2.48. The molecule has 2 bridgehead atoms. The fraction of sp³-hybridized carbons (Fsp3) is 0.647. The van der Waals surface area contributed by atoms with Crippen LogP contribution in [0.5, 0.6) is 0 Å². The zero-order chi connectivity index (χ0) is 17.2. The molecule has 1 saturated carbocycles. The summed E-state index contributed by atoms with van der Waals surface area (Å²) in [5, 5.41) is 13.4. The molecule has 2 N–H and O–H groups in total. The highest BCUT2D eigenvalue weighted by molar-refractivity contribution is 7.13. The van der Waals surface area contributed by atoms with Crippen LogP contribution in [0.3, 0.4) is 0 Å². The van der Waals surface area contributed by atoms with E-state index in [4.69, 9.17) is 0 Å². The molecular weight excluding hydrogens is 324 g/mol. The van der Waals surface area contributed by atoms with Crippen molar-refractivity contribution in [1.29, 1.82) is 0 Å². The fourth-order valence-corrected chi connectivity index (χ4v) is 4.29. The number of rotatable bonds is 7. The summed E-state index contributed by atoms with van der Waals surface area (Å²) in [6.45, 7) is 5.36. The van der Waals surface area contributed by atoms with E-state index >= 15 is 0 Å². The third-order valence-electron chi connectivity index (χ3n) is 5.50. The molecule has 1 aromatic rings. The van der Waals surface area contributed by atoms with Gasteiger partial charge in [-0.25, -0.2) is 0 Å². The predicted octanol–water partition coefficient (Wildman–Crippen LogP) is 2.76. The Morgan fingerprint density at radius 3 is 2.79 bits per heavy atom. The molecule has 3 aliphatic rings. The molecule has 2 atom stereocenters. The van der Waals surface area contributed by atoms with Crippen molar-refractivity contribution in [3.8, 4) is 0 Å². The van der Waals surface area contributed by atoms with Crippen molar-refractivity contribution in [2.45, 2.75) is 46.0 Å². The zero-order valence-electron chi connectivity index (χ0n) is 14.2. The molecule has 0 spiro atoms. The topological polar surface area (TPSA) is 84.0 Å². The Morgan fingerprint density at radius 1 is 1.33 bits per heavy atom. The largest absolute Gasteiger partial charge is 0.356 e. The lowest BCUT2D eigenvalue weighted by atomic mass is 9.48. The Morgan fingerprint density at radius 2 is 2.12 bits per heavy atom. The van der Waals surface area contributed by atoms with Gasteiger partial charge in [-0.1, -0.05) is 36.8 Å². The number of carbonyl (C=O) groups is 2. The second-order valence-electron chi connectivity index (χ2n) is 7.21. The molecule has 6 nitrogen and oxygen atoms in total. The van der Waals surface area contributed by atoms with Gasteiger partial charge >= 0.3 is 0 Å². The van der Waals surface area contributed by atoms with Crippen LogP contribution in [0, 0.1) is 17.3 Å². The average Bonchev–Trinajstić information content (AvgIpc) is 3.06. The smallest absolute Gasteiger partial charge is 0.226 e. The van der Waals surface area contributed by atoms with Crippen LogP contribution in [0.1, 0.15) is 46.0 Å². The molecular formula is C17H24N4O2S. The van der Waals surface area contributed by atoms with Crippen LogP contribution in [0.25, 0.3) is 0 Å². The highest BCUT2D eigenvalue weighted by Crippen LogP contribution is 2.59. The third kappa shape index (κ3) is 3.66. The van der Waals surface area contributed by atoms with E-state index in [-0.39, 0.29) is 24.7 Å². The molecule has 0 aromatic carbocycles. The minimum Gasteiger partial charge on any atom is -0.356 e. The normalized spacial score (nSPS) is 23.8. The van der Waals surface area contributed by atoms with E-state index in [0.29, 0.717) is 23.0 Å². The number of carbonyl (C=O) groups excluding carboxylic acids is 2. The van der Waals surface area contributed by atoms with Gasteiger partial charge in [0.2, 0.25) is 16.9 Å². The summed E-state index contributed by atoms with van der Waals surface area (Å²) >= 11 is 1.26. The van der Waals surface area contributed by atoms with Gasteiger partial charge in [-0.2, -0.15) is 0 Å². The minimum atomic E-state index is -0.209. The minimum absolute atomic E-state index is 0.0791. The summed E-state index contributed by atoms with van der Waals surface area (Å²) in [5.41, 5.74) is 3.47. The molecule has 2 amide bonds. The van der Waals surface area contributed by atoms with Crippen LogP contribution >= 0.6 is 11.3 Å². The maximum absolute atomic E-state index is 11.9. The zero-order valence-corrected chi connectivity index (χ0v) is 15.0. The van der Waals surface area contributed by atoms with E-state index < -0.39 is 0 Å². The number of nitrogens with zero attached hydrogens (tertiary/aromatic N) is 2. The van der Waals surface area contributed by atoms with E-state index in [9.17, 15) is 9.59 Å². The quantitative estimate of drug-likeness (QED) is 0.742. The first-order valence-electron chi connectivity index (χ1n) is 8.48. The maximum atomic E-state index is 11.9. The van der Waals surface area contributed by atoms with Crippen molar-refractivity contribution in [3.63, 3.8) is 0 Å². The first-order valence-corrected chi connectivity index (χ1v) is 9.36. The molecule has 0 unspecified atom stereocenters. The number of hydrogen-bond acceptors (Lipinski definition) is 5. The molecule has 3 aliphatic carbocycles. The van der Waals surface area contributed by atoms with Crippen LogP contribution in [0.2, 0.25) is 0 Å². The fourth-order valence-electron chi connectivity index (χ4n) is 3.83. The van der Waals surface area contributed by atoms with Crippen molar-refractivity contribution < 1.29 is 9.59 Å². The number of aromatic nitrogens is 2. The van der Waals surface area contributed by atoms with Crippen LogP contribution in [0.15, 0.2) is 17.2 Å². The molecule has 4 rings (SSSR count). The second-order valence-corrected chi connectivity index (χ2v) is 8.05. The van der Waals surface area contributed by atoms with E-state index in [2.05, 4.69) is 40.8 Å². The van der Waals surface area contributed by atoms with Gasteiger partial charge in [0.05, 0.1) is 0 Å². The summed E-state index contributed by atoms with van der Waals surface area (Å²) in [6.07, 6.45) is 6.12. The first kappa shape index (κ1) is 17.1. The van der Waals surface area contributed by atoms with E-state index in [0.717, 1.165) is 12.3 Å². The summed E-state index contributed by atoms with van der Waals surface area (Å²) in [6, 6.07) is 0. The number of hydrogen-bond donors (Lipinski definition) is 2. The number of anilines is 1. The SMILES string of the molecule is CC1(C)[C@H]2CC=C(CCNC(=O)CCC(=O)Nc3nncs3)[C@@H]1C2. The highest BCUT2D eigenvalue weighted by atomic mass is 32.1. The lowest BCUT2D eigenvalue weighted by Gasteiger charge is -2.56. The molecule has 1 heterocycles. The molecule has 0 radical (unpaired) electrons. The molecule has 1 fully saturated rings. The van der Waals surface area contributed by atoms with E-state index in [1.807, 2.05) is 0 Å². The molecule has 130 valence electrons. The van der Waals surface area contributed by atoms with Gasteiger partial charge in [0.15, 0.2) is 0 Å². The lowest BCUT2D eigenvalue weighted by molar-refractivity contribution is -0.124. The molecule has 24 heavy (non-hydrogen) atoms. The summed E-state index contributed by atoms with van der Waals surface area (Å²) in [4.78, 5) is 23.6. The van der Waals surface area contributed by atoms with Crippen molar-refractivity contribution in [3.05, 3.63) is 17.2 Å². The molecule has 0 saturated heterocycles.